The second-order valence-corrected chi connectivity index (χ2v) is 22.7. The van der Waals surface area contributed by atoms with Crippen LogP contribution in [0.3, 0.4) is 0 Å². The molecule has 6 nitrogen and oxygen atoms in total. The van der Waals surface area contributed by atoms with Gasteiger partial charge in [0.05, 0.1) is 0 Å². The molecule has 6 heteroatoms. The van der Waals surface area contributed by atoms with Crippen LogP contribution in [0.4, 0.5) is 0 Å². The van der Waals surface area contributed by atoms with E-state index in [9.17, 15) is 14.4 Å². The molecule has 0 fully saturated rings. The summed E-state index contributed by atoms with van der Waals surface area (Å²) < 4.78 is 16.8. The van der Waals surface area contributed by atoms with Gasteiger partial charge in [0.1, 0.15) is 13.2 Å². The number of hydrogen-bond donors (Lipinski definition) is 0. The normalized spacial score (nSPS) is 12.0. The quantitative estimate of drug-likeness (QED) is 0.0261. The molecule has 0 saturated carbocycles. The molecule has 0 aromatic rings. The number of esters is 3. The topological polar surface area (TPSA) is 78.9 Å². The number of carbonyl (C=O) groups is 3. The number of allylic oxidation sites excluding steroid dienone is 2. The maximum absolute atomic E-state index is 12.8. The van der Waals surface area contributed by atoms with Crippen molar-refractivity contribution in [3.8, 4) is 0 Å². The number of ether oxygens (including phenoxy) is 3. The van der Waals surface area contributed by atoms with Gasteiger partial charge < -0.3 is 14.2 Å². The zero-order chi connectivity index (χ0) is 52.9. The Balaban J connectivity index is 3.86. The molecule has 0 spiro atoms. The Hall–Kier alpha value is -1.85. The molecule has 0 rings (SSSR count). The van der Waals surface area contributed by atoms with Crippen LogP contribution < -0.4 is 0 Å². The molecule has 0 aliphatic rings. The molecule has 0 aliphatic heterocycles. The van der Waals surface area contributed by atoms with E-state index in [1.54, 1.807) is 0 Å². The van der Waals surface area contributed by atoms with Crippen molar-refractivity contribution in [3.05, 3.63) is 12.2 Å². The van der Waals surface area contributed by atoms with Gasteiger partial charge in [0.2, 0.25) is 0 Å². The molecule has 1 unspecified atom stereocenters. The van der Waals surface area contributed by atoms with E-state index in [4.69, 9.17) is 14.2 Å². The molecule has 73 heavy (non-hydrogen) atoms. The largest absolute Gasteiger partial charge is 0.462 e. The maximum Gasteiger partial charge on any atom is 0.306 e. The molecule has 0 radical (unpaired) electrons. The number of carbonyl (C=O) groups excluding carboxylic acids is 3. The van der Waals surface area contributed by atoms with Crippen molar-refractivity contribution >= 4 is 17.9 Å². The highest BCUT2D eigenvalue weighted by atomic mass is 16.6. The van der Waals surface area contributed by atoms with Gasteiger partial charge in [-0.25, -0.2) is 0 Å². The summed E-state index contributed by atoms with van der Waals surface area (Å²) in [5.74, 6) is -0.845. The van der Waals surface area contributed by atoms with Crippen LogP contribution in [0.15, 0.2) is 12.2 Å². The van der Waals surface area contributed by atoms with Gasteiger partial charge in [-0.3, -0.25) is 14.4 Å². The molecule has 0 saturated heterocycles. The lowest BCUT2D eigenvalue weighted by Gasteiger charge is -2.18. The minimum Gasteiger partial charge on any atom is -0.462 e. The molecule has 1 atom stereocenters. The minimum absolute atomic E-state index is 0.0631. The van der Waals surface area contributed by atoms with E-state index in [1.807, 2.05) is 0 Å². The van der Waals surface area contributed by atoms with Crippen molar-refractivity contribution in [2.75, 3.05) is 13.2 Å². The van der Waals surface area contributed by atoms with Crippen LogP contribution in [0.1, 0.15) is 380 Å². The Labute approximate surface area is 456 Å². The average Bonchev–Trinajstić information content (AvgIpc) is 3.39. The van der Waals surface area contributed by atoms with Gasteiger partial charge in [0.15, 0.2) is 6.10 Å². The first-order chi connectivity index (χ1) is 36.0. The lowest BCUT2D eigenvalue weighted by atomic mass is 10.0. The second kappa shape index (κ2) is 62.7. The molecule has 0 N–H and O–H groups in total. The van der Waals surface area contributed by atoms with Gasteiger partial charge in [0, 0.05) is 19.3 Å². The van der Waals surface area contributed by atoms with Crippen molar-refractivity contribution in [1.82, 2.24) is 0 Å². The Morgan fingerprint density at radius 2 is 0.452 bits per heavy atom. The van der Waals surface area contributed by atoms with Crippen LogP contribution >= 0.6 is 0 Å². The van der Waals surface area contributed by atoms with Crippen molar-refractivity contribution < 1.29 is 28.6 Å². The van der Waals surface area contributed by atoms with E-state index in [-0.39, 0.29) is 31.1 Å². The van der Waals surface area contributed by atoms with E-state index in [0.29, 0.717) is 19.3 Å². The van der Waals surface area contributed by atoms with E-state index in [1.165, 1.54) is 283 Å². The van der Waals surface area contributed by atoms with E-state index < -0.39 is 6.10 Å². The lowest BCUT2D eigenvalue weighted by Crippen LogP contribution is -2.30. The summed E-state index contributed by atoms with van der Waals surface area (Å²) in [5, 5.41) is 0. The third kappa shape index (κ3) is 60.9. The summed E-state index contributed by atoms with van der Waals surface area (Å²) in [4.78, 5) is 38.0. The van der Waals surface area contributed by atoms with Crippen LogP contribution in [0.2, 0.25) is 0 Å². The molecule has 0 aromatic carbocycles. The van der Waals surface area contributed by atoms with Crippen molar-refractivity contribution in [1.29, 1.82) is 0 Å². The van der Waals surface area contributed by atoms with Gasteiger partial charge in [-0.2, -0.15) is 0 Å². The van der Waals surface area contributed by atoms with Gasteiger partial charge in [-0.15, -0.1) is 0 Å². The number of hydrogen-bond acceptors (Lipinski definition) is 6. The fourth-order valence-electron chi connectivity index (χ4n) is 10.3. The summed E-state index contributed by atoms with van der Waals surface area (Å²) in [7, 11) is 0. The van der Waals surface area contributed by atoms with E-state index in [2.05, 4.69) is 32.9 Å². The van der Waals surface area contributed by atoms with Gasteiger partial charge in [-0.1, -0.05) is 328 Å². The van der Waals surface area contributed by atoms with Crippen LogP contribution in [0.25, 0.3) is 0 Å². The Kier molecular flexibility index (Phi) is 61.1. The smallest absolute Gasteiger partial charge is 0.306 e. The predicted octanol–water partition coefficient (Wildman–Crippen LogP) is 22.4. The third-order valence-corrected chi connectivity index (χ3v) is 15.3. The number of rotatable bonds is 62. The zero-order valence-electron chi connectivity index (χ0n) is 49.7. The van der Waals surface area contributed by atoms with Crippen LogP contribution in [-0.2, 0) is 28.6 Å². The molecular weight excluding hydrogens is 901 g/mol. The number of unbranched alkanes of at least 4 members (excludes halogenated alkanes) is 49. The van der Waals surface area contributed by atoms with Crippen LogP contribution in [0, 0.1) is 0 Å². The summed E-state index contributed by atoms with van der Waals surface area (Å²) in [6.45, 7) is 6.65. The molecule has 432 valence electrons. The van der Waals surface area contributed by atoms with Crippen LogP contribution in [-0.4, -0.2) is 37.2 Å². The van der Waals surface area contributed by atoms with Gasteiger partial charge in [-0.05, 0) is 44.9 Å². The lowest BCUT2D eigenvalue weighted by molar-refractivity contribution is -0.167. The summed E-state index contributed by atoms with van der Waals surface area (Å²) in [5.41, 5.74) is 0. The summed E-state index contributed by atoms with van der Waals surface area (Å²) >= 11 is 0. The highest BCUT2D eigenvalue weighted by Crippen LogP contribution is 2.18. The highest BCUT2D eigenvalue weighted by molar-refractivity contribution is 5.71. The molecule has 0 aromatic heterocycles. The van der Waals surface area contributed by atoms with Crippen LogP contribution in [0.5, 0.6) is 0 Å². The summed E-state index contributed by atoms with van der Waals surface area (Å²) in [6.07, 6.45) is 74.3. The van der Waals surface area contributed by atoms with Crippen molar-refractivity contribution in [2.45, 2.75) is 386 Å². The van der Waals surface area contributed by atoms with E-state index >= 15 is 0 Å². The zero-order valence-corrected chi connectivity index (χ0v) is 49.7. The Morgan fingerprint density at radius 3 is 0.685 bits per heavy atom. The molecular formula is C67H128O6. The molecule has 0 heterocycles. The molecule has 0 bridgehead atoms. The summed E-state index contributed by atoms with van der Waals surface area (Å²) in [6, 6.07) is 0. The first-order valence-electron chi connectivity index (χ1n) is 33.2. The first-order valence-corrected chi connectivity index (χ1v) is 33.2. The monoisotopic (exact) mass is 1030 g/mol. The van der Waals surface area contributed by atoms with E-state index in [0.717, 1.165) is 57.8 Å². The van der Waals surface area contributed by atoms with Gasteiger partial charge in [0.25, 0.3) is 0 Å². The Morgan fingerprint density at radius 1 is 0.260 bits per heavy atom. The fraction of sp³-hybridized carbons (Fsp3) is 0.925. The first kappa shape index (κ1) is 71.2. The van der Waals surface area contributed by atoms with Crippen molar-refractivity contribution in [2.24, 2.45) is 0 Å². The minimum atomic E-state index is -0.761. The fourth-order valence-corrected chi connectivity index (χ4v) is 10.3. The molecule has 0 aliphatic carbocycles. The predicted molar refractivity (Wildman–Crippen MR) is 317 cm³/mol. The molecule has 0 amide bonds. The standard InChI is InChI=1S/C67H128O6/c1-4-7-10-13-16-18-20-22-23-24-25-26-27-28-29-30-31-32-33-34-35-36-37-38-39-40-41-42-43-45-46-48-51-54-57-60-66(69)72-63-64(62-71-65(68)59-56-53-50-15-12-9-6-3)73-67(70)61-58-55-52-49-47-44-21-19-17-14-11-8-5-2/h24-25,64H,4-23,26-63H2,1-3H3/b25-24-. The maximum atomic E-state index is 12.8. The van der Waals surface area contributed by atoms with Gasteiger partial charge >= 0.3 is 17.9 Å². The highest BCUT2D eigenvalue weighted by Gasteiger charge is 2.19. The third-order valence-electron chi connectivity index (χ3n) is 15.3. The second-order valence-electron chi connectivity index (χ2n) is 22.7. The SMILES string of the molecule is CCCCCCCCCC/C=C\CCCCCCCCCCCCCCCCCCCCCCCCCC(=O)OCC(COC(=O)CCCCCCCCC)OC(=O)CCCCCCCCCCCCCCC. The average molecular weight is 1030 g/mol. The Bertz CT molecular complexity index is 1130. The van der Waals surface area contributed by atoms with Crippen molar-refractivity contribution in [3.63, 3.8) is 0 Å².